The van der Waals surface area contributed by atoms with Crippen LogP contribution in [0.4, 0.5) is 4.79 Å². The van der Waals surface area contributed by atoms with Gasteiger partial charge >= 0.3 is 6.03 Å². The van der Waals surface area contributed by atoms with Crippen LogP contribution >= 0.6 is 11.6 Å². The van der Waals surface area contributed by atoms with E-state index in [0.717, 1.165) is 17.0 Å². The second-order valence-corrected chi connectivity index (χ2v) is 6.08. The molecule has 0 aliphatic carbocycles. The van der Waals surface area contributed by atoms with Crippen LogP contribution in [0.1, 0.15) is 18.1 Å². The van der Waals surface area contributed by atoms with E-state index >= 15 is 0 Å². The Balaban J connectivity index is 1.80. The van der Waals surface area contributed by atoms with Crippen LogP contribution in [0, 0.1) is 0 Å². The summed E-state index contributed by atoms with van der Waals surface area (Å²) in [5.41, 5.74) is 2.21. The fourth-order valence-electron chi connectivity index (χ4n) is 2.31. The average Bonchev–Trinajstić information content (AvgIpc) is 2.55. The highest BCUT2D eigenvalue weighted by atomic mass is 35.5. The Labute approximate surface area is 142 Å². The number of urea groups is 1. The van der Waals surface area contributed by atoms with Crippen molar-refractivity contribution in [1.29, 1.82) is 0 Å². The Morgan fingerprint density at radius 2 is 1.96 bits per heavy atom. The number of halogens is 1. The van der Waals surface area contributed by atoms with E-state index in [1.807, 2.05) is 43.3 Å². The van der Waals surface area contributed by atoms with Crippen molar-refractivity contribution in [1.82, 2.24) is 15.2 Å². The van der Waals surface area contributed by atoms with Crippen molar-refractivity contribution in [2.45, 2.75) is 25.8 Å². The summed E-state index contributed by atoms with van der Waals surface area (Å²) in [5, 5.41) is 3.74. The van der Waals surface area contributed by atoms with Crippen molar-refractivity contribution < 1.29 is 4.79 Å². The molecular weight excluding hydrogens is 310 g/mol. The number of amides is 2. The lowest BCUT2D eigenvalue weighted by atomic mass is 10.1. The molecule has 0 spiro atoms. The number of carbonyl (C=O) groups excluding carboxylic acids is 1. The maximum absolute atomic E-state index is 12.2. The van der Waals surface area contributed by atoms with E-state index in [2.05, 4.69) is 10.3 Å². The zero-order valence-electron chi connectivity index (χ0n) is 13.5. The Kier molecular flexibility index (Phi) is 6.41. The molecule has 2 rings (SSSR count). The number of hydrogen-bond donors (Lipinski definition) is 1. The molecule has 0 bridgehead atoms. The van der Waals surface area contributed by atoms with E-state index in [-0.39, 0.29) is 12.1 Å². The van der Waals surface area contributed by atoms with Crippen LogP contribution in [0.5, 0.6) is 0 Å². The van der Waals surface area contributed by atoms with Crippen molar-refractivity contribution in [3.8, 4) is 0 Å². The highest BCUT2D eigenvalue weighted by Gasteiger charge is 2.13. The van der Waals surface area contributed by atoms with Crippen LogP contribution in [-0.4, -0.2) is 35.5 Å². The smallest absolute Gasteiger partial charge is 0.317 e. The van der Waals surface area contributed by atoms with Crippen molar-refractivity contribution in [3.63, 3.8) is 0 Å². The molecule has 1 unspecified atom stereocenters. The van der Waals surface area contributed by atoms with Crippen LogP contribution in [-0.2, 0) is 12.8 Å². The van der Waals surface area contributed by atoms with Gasteiger partial charge in [0.1, 0.15) is 0 Å². The summed E-state index contributed by atoms with van der Waals surface area (Å²) in [6.07, 6.45) is 5.05. The van der Waals surface area contributed by atoms with Crippen molar-refractivity contribution in [3.05, 3.63) is 64.9 Å². The van der Waals surface area contributed by atoms with Crippen molar-refractivity contribution >= 4 is 17.6 Å². The SMILES string of the molecule is CC(Cc1ccccc1Cl)NC(=O)N(C)CCc1ccncc1. The number of likely N-dealkylation sites (N-methyl/N-ethyl adjacent to an activating group) is 1. The molecule has 1 aromatic carbocycles. The third kappa shape index (κ3) is 5.57. The van der Waals surface area contributed by atoms with Gasteiger partial charge in [0, 0.05) is 37.1 Å². The fraction of sp³-hybridized carbons (Fsp3) is 0.333. The van der Waals surface area contributed by atoms with Crippen LogP contribution in [0.3, 0.4) is 0 Å². The van der Waals surface area contributed by atoms with Gasteiger partial charge in [0.2, 0.25) is 0 Å². The summed E-state index contributed by atoms with van der Waals surface area (Å²) in [6, 6.07) is 11.6. The predicted octanol–water partition coefficient (Wildman–Crippen LogP) is 3.55. The molecule has 2 aromatic rings. The monoisotopic (exact) mass is 331 g/mol. The molecule has 0 aliphatic heterocycles. The highest BCUT2D eigenvalue weighted by molar-refractivity contribution is 6.31. The van der Waals surface area contributed by atoms with Crippen LogP contribution in [0.15, 0.2) is 48.8 Å². The molecule has 122 valence electrons. The summed E-state index contributed by atoms with van der Waals surface area (Å²) >= 11 is 6.16. The number of rotatable bonds is 6. The topological polar surface area (TPSA) is 45.2 Å². The molecule has 5 heteroatoms. The molecule has 4 nitrogen and oxygen atoms in total. The summed E-state index contributed by atoms with van der Waals surface area (Å²) < 4.78 is 0. The van der Waals surface area contributed by atoms with Gasteiger partial charge in [-0.2, -0.15) is 0 Å². The lowest BCUT2D eigenvalue weighted by Gasteiger charge is -2.21. The molecule has 23 heavy (non-hydrogen) atoms. The molecule has 1 atom stereocenters. The summed E-state index contributed by atoms with van der Waals surface area (Å²) in [6.45, 7) is 2.65. The molecule has 0 saturated heterocycles. The van der Waals surface area contributed by atoms with Gasteiger partial charge in [-0.25, -0.2) is 4.79 Å². The first kappa shape index (κ1) is 17.3. The standard InChI is InChI=1S/C18H22ClN3O/c1-14(13-16-5-3-4-6-17(16)19)21-18(23)22(2)12-9-15-7-10-20-11-8-15/h3-8,10-11,14H,9,12-13H2,1-2H3,(H,21,23). The fourth-order valence-corrected chi connectivity index (χ4v) is 2.53. The quantitative estimate of drug-likeness (QED) is 0.879. The Morgan fingerprint density at radius 1 is 1.26 bits per heavy atom. The largest absolute Gasteiger partial charge is 0.335 e. The third-order valence-corrected chi connectivity index (χ3v) is 4.05. The third-order valence-electron chi connectivity index (χ3n) is 3.69. The number of aromatic nitrogens is 1. The number of hydrogen-bond acceptors (Lipinski definition) is 2. The number of carbonyl (C=O) groups is 1. The van der Waals surface area contributed by atoms with E-state index in [1.54, 1.807) is 24.3 Å². The number of nitrogens with zero attached hydrogens (tertiary/aromatic N) is 2. The van der Waals surface area contributed by atoms with Gasteiger partial charge in [0.25, 0.3) is 0 Å². The Bertz CT molecular complexity index is 633. The van der Waals surface area contributed by atoms with Gasteiger partial charge < -0.3 is 10.2 Å². The molecule has 1 heterocycles. The van der Waals surface area contributed by atoms with Gasteiger partial charge in [0.05, 0.1) is 0 Å². The number of pyridine rings is 1. The van der Waals surface area contributed by atoms with Gasteiger partial charge in [-0.05, 0) is 49.1 Å². The minimum Gasteiger partial charge on any atom is -0.335 e. The molecule has 1 aromatic heterocycles. The Morgan fingerprint density at radius 3 is 2.65 bits per heavy atom. The maximum atomic E-state index is 12.2. The number of nitrogens with one attached hydrogen (secondary N) is 1. The van der Waals surface area contributed by atoms with Crippen LogP contribution < -0.4 is 5.32 Å². The zero-order valence-corrected chi connectivity index (χ0v) is 14.3. The first-order valence-corrected chi connectivity index (χ1v) is 8.08. The Hall–Kier alpha value is -2.07. The second kappa shape index (κ2) is 8.53. The van der Waals surface area contributed by atoms with Crippen LogP contribution in [0.2, 0.25) is 5.02 Å². The van der Waals surface area contributed by atoms with Gasteiger partial charge in [0.15, 0.2) is 0 Å². The minimum atomic E-state index is -0.0707. The van der Waals surface area contributed by atoms with E-state index in [1.165, 1.54) is 5.56 Å². The highest BCUT2D eigenvalue weighted by Crippen LogP contribution is 2.16. The molecular formula is C18H22ClN3O. The lowest BCUT2D eigenvalue weighted by molar-refractivity contribution is 0.206. The van der Waals surface area contributed by atoms with E-state index < -0.39 is 0 Å². The average molecular weight is 332 g/mol. The van der Waals surface area contributed by atoms with E-state index in [4.69, 9.17) is 11.6 Å². The summed E-state index contributed by atoms with van der Waals surface area (Å²) in [7, 11) is 1.80. The van der Waals surface area contributed by atoms with Crippen molar-refractivity contribution in [2.24, 2.45) is 0 Å². The molecule has 1 N–H and O–H groups in total. The summed E-state index contributed by atoms with van der Waals surface area (Å²) in [5.74, 6) is 0. The van der Waals surface area contributed by atoms with Gasteiger partial charge in [-0.1, -0.05) is 29.8 Å². The van der Waals surface area contributed by atoms with Crippen LogP contribution in [0.25, 0.3) is 0 Å². The lowest BCUT2D eigenvalue weighted by Crippen LogP contribution is -2.43. The zero-order chi connectivity index (χ0) is 16.7. The second-order valence-electron chi connectivity index (χ2n) is 5.67. The predicted molar refractivity (Wildman–Crippen MR) is 93.7 cm³/mol. The van der Waals surface area contributed by atoms with Crippen molar-refractivity contribution in [2.75, 3.05) is 13.6 Å². The number of benzene rings is 1. The van der Waals surface area contributed by atoms with Gasteiger partial charge in [-0.3, -0.25) is 4.98 Å². The molecule has 2 amide bonds. The molecule has 0 saturated carbocycles. The van der Waals surface area contributed by atoms with E-state index in [9.17, 15) is 4.79 Å². The minimum absolute atomic E-state index is 0.0192. The molecule has 0 radical (unpaired) electrons. The maximum Gasteiger partial charge on any atom is 0.317 e. The molecule has 0 fully saturated rings. The van der Waals surface area contributed by atoms with Gasteiger partial charge in [-0.15, -0.1) is 0 Å². The first-order chi connectivity index (χ1) is 11.1. The normalized spacial score (nSPS) is 11.8. The molecule has 0 aliphatic rings. The first-order valence-electron chi connectivity index (χ1n) is 7.70. The summed E-state index contributed by atoms with van der Waals surface area (Å²) in [4.78, 5) is 17.9. The van der Waals surface area contributed by atoms with E-state index in [0.29, 0.717) is 13.0 Å².